The molecule has 0 spiro atoms. The first-order chi connectivity index (χ1) is 9.33. The summed E-state index contributed by atoms with van der Waals surface area (Å²) in [4.78, 5) is 15.2. The molecule has 1 unspecified atom stereocenters. The molecular formula is C14H14N4O. The summed E-state index contributed by atoms with van der Waals surface area (Å²) in [6, 6.07) is 9.75. The highest BCUT2D eigenvalue weighted by Crippen LogP contribution is 2.28. The molecule has 1 aromatic heterocycles. The molecular weight excluding hydrogens is 240 g/mol. The lowest BCUT2D eigenvalue weighted by molar-refractivity contribution is 0.647. The lowest BCUT2D eigenvalue weighted by Gasteiger charge is -2.18. The van der Waals surface area contributed by atoms with Crippen LogP contribution in [0.2, 0.25) is 0 Å². The van der Waals surface area contributed by atoms with Crippen LogP contribution in [0.15, 0.2) is 47.0 Å². The fourth-order valence-corrected chi connectivity index (χ4v) is 2.77. The highest BCUT2D eigenvalue weighted by atomic mass is 16.1. The molecule has 2 aliphatic rings. The summed E-state index contributed by atoms with van der Waals surface area (Å²) in [7, 11) is 0. The number of rotatable bonds is 1. The van der Waals surface area contributed by atoms with Gasteiger partial charge >= 0.3 is 0 Å². The van der Waals surface area contributed by atoms with Crippen molar-refractivity contribution in [1.82, 2.24) is 15.7 Å². The third-order valence-electron chi connectivity index (χ3n) is 3.76. The summed E-state index contributed by atoms with van der Waals surface area (Å²) in [6.45, 7) is 1.80. The lowest BCUT2D eigenvalue weighted by atomic mass is 10.1. The second-order valence-electron chi connectivity index (χ2n) is 4.94. The van der Waals surface area contributed by atoms with E-state index in [-0.39, 0.29) is 5.56 Å². The average Bonchev–Trinajstić information content (AvgIpc) is 3.00. The van der Waals surface area contributed by atoms with E-state index in [0.717, 1.165) is 29.7 Å². The largest absolute Gasteiger partial charge is 0.389 e. The number of hydrazine groups is 1. The van der Waals surface area contributed by atoms with Crippen molar-refractivity contribution in [3.63, 3.8) is 0 Å². The van der Waals surface area contributed by atoms with E-state index in [2.05, 4.69) is 15.7 Å². The number of hydrogen-bond donors (Lipinski definition) is 3. The zero-order valence-electron chi connectivity index (χ0n) is 10.3. The van der Waals surface area contributed by atoms with Crippen LogP contribution in [0.5, 0.6) is 0 Å². The van der Waals surface area contributed by atoms with Gasteiger partial charge in [-0.2, -0.15) is 0 Å². The molecule has 0 aliphatic carbocycles. The van der Waals surface area contributed by atoms with Crippen molar-refractivity contribution in [3.8, 4) is 0 Å². The zero-order chi connectivity index (χ0) is 12.8. The summed E-state index contributed by atoms with van der Waals surface area (Å²) < 4.78 is 0. The summed E-state index contributed by atoms with van der Waals surface area (Å²) in [5.41, 5.74) is 5.87. The van der Waals surface area contributed by atoms with Crippen LogP contribution in [0.1, 0.15) is 0 Å². The van der Waals surface area contributed by atoms with E-state index < -0.39 is 0 Å². The van der Waals surface area contributed by atoms with Crippen LogP contribution < -0.4 is 21.3 Å². The Balaban J connectivity index is 1.87. The summed E-state index contributed by atoms with van der Waals surface area (Å²) in [5, 5.41) is 6.16. The minimum Gasteiger partial charge on any atom is -0.389 e. The van der Waals surface area contributed by atoms with Gasteiger partial charge in [0.25, 0.3) is 5.56 Å². The fourth-order valence-electron chi connectivity index (χ4n) is 2.77. The van der Waals surface area contributed by atoms with Gasteiger partial charge in [0.15, 0.2) is 0 Å². The molecule has 0 amide bonds. The quantitative estimate of drug-likeness (QED) is 0.708. The topological polar surface area (TPSA) is 60.2 Å². The van der Waals surface area contributed by atoms with Gasteiger partial charge < -0.3 is 10.3 Å². The number of fused-ring (bicyclic) bond motifs is 2. The maximum atomic E-state index is 12.2. The first-order valence-corrected chi connectivity index (χ1v) is 6.42. The van der Waals surface area contributed by atoms with Crippen molar-refractivity contribution < 1.29 is 0 Å². The minimum atomic E-state index is -0.0698. The third-order valence-corrected chi connectivity index (χ3v) is 3.76. The van der Waals surface area contributed by atoms with Gasteiger partial charge in [0.1, 0.15) is 5.69 Å². The standard InChI is InChI=1S/C14H14N4O/c19-14-12(5-9-3-1-2-4-11(9)17-14)18-13-8-15-6-10(13)7-16-18/h1-5,8,10,15-16H,6-7H2,(H,17,19). The second-order valence-corrected chi connectivity index (χ2v) is 4.94. The van der Waals surface area contributed by atoms with Crippen LogP contribution in [0.25, 0.3) is 10.9 Å². The molecule has 1 atom stereocenters. The predicted molar refractivity (Wildman–Crippen MR) is 74.6 cm³/mol. The number of H-pyrrole nitrogens is 1. The molecule has 3 heterocycles. The zero-order valence-corrected chi connectivity index (χ0v) is 10.3. The average molecular weight is 254 g/mol. The molecule has 1 saturated heterocycles. The van der Waals surface area contributed by atoms with Crippen LogP contribution >= 0.6 is 0 Å². The molecule has 1 fully saturated rings. The van der Waals surface area contributed by atoms with Crippen molar-refractivity contribution in [1.29, 1.82) is 0 Å². The summed E-state index contributed by atoms with van der Waals surface area (Å²) in [5.74, 6) is 0.450. The van der Waals surface area contributed by atoms with E-state index in [1.165, 1.54) is 0 Å². The Kier molecular flexibility index (Phi) is 2.16. The number of aromatic amines is 1. The molecule has 1 aromatic carbocycles. The molecule has 0 bridgehead atoms. The maximum Gasteiger partial charge on any atom is 0.273 e. The molecule has 0 radical (unpaired) electrons. The third kappa shape index (κ3) is 1.55. The van der Waals surface area contributed by atoms with Crippen molar-refractivity contribution in [2.24, 2.45) is 5.92 Å². The highest BCUT2D eigenvalue weighted by molar-refractivity contribution is 5.82. The number of pyridine rings is 1. The Labute approximate surface area is 109 Å². The minimum absolute atomic E-state index is 0.0698. The van der Waals surface area contributed by atoms with Gasteiger partial charge in [0.2, 0.25) is 0 Å². The second kappa shape index (κ2) is 3.86. The first kappa shape index (κ1) is 10.6. The van der Waals surface area contributed by atoms with Crippen LogP contribution in [0.3, 0.4) is 0 Å². The summed E-state index contributed by atoms with van der Waals surface area (Å²) >= 11 is 0. The highest BCUT2D eigenvalue weighted by Gasteiger charge is 2.32. The van der Waals surface area contributed by atoms with E-state index in [0.29, 0.717) is 11.6 Å². The van der Waals surface area contributed by atoms with Gasteiger partial charge in [-0.05, 0) is 12.1 Å². The van der Waals surface area contributed by atoms with Crippen molar-refractivity contribution in [2.45, 2.75) is 0 Å². The van der Waals surface area contributed by atoms with Crippen LogP contribution in [0, 0.1) is 5.92 Å². The molecule has 5 heteroatoms. The monoisotopic (exact) mass is 254 g/mol. The molecule has 2 aliphatic heterocycles. The van der Waals surface area contributed by atoms with Gasteiger partial charge in [0.05, 0.1) is 5.70 Å². The van der Waals surface area contributed by atoms with Crippen molar-refractivity contribution >= 4 is 16.6 Å². The first-order valence-electron chi connectivity index (χ1n) is 6.42. The normalized spacial score (nSPS) is 21.4. The van der Waals surface area contributed by atoms with E-state index in [4.69, 9.17) is 0 Å². The number of hydrogen-bond acceptors (Lipinski definition) is 4. The van der Waals surface area contributed by atoms with Crippen molar-refractivity contribution in [2.75, 3.05) is 18.1 Å². The Morgan fingerprint density at radius 3 is 3.05 bits per heavy atom. The van der Waals surface area contributed by atoms with Crippen LogP contribution in [-0.2, 0) is 0 Å². The Morgan fingerprint density at radius 1 is 1.21 bits per heavy atom. The van der Waals surface area contributed by atoms with Crippen LogP contribution in [0.4, 0.5) is 5.69 Å². The molecule has 4 rings (SSSR count). The van der Waals surface area contributed by atoms with Gasteiger partial charge in [-0.3, -0.25) is 9.80 Å². The van der Waals surface area contributed by atoms with E-state index in [1.54, 1.807) is 0 Å². The lowest BCUT2D eigenvalue weighted by Crippen LogP contribution is -2.34. The fraction of sp³-hybridized carbons (Fsp3) is 0.214. The molecule has 96 valence electrons. The van der Waals surface area contributed by atoms with Crippen LogP contribution in [-0.4, -0.2) is 18.1 Å². The molecule has 19 heavy (non-hydrogen) atoms. The number of aromatic nitrogens is 1. The van der Waals surface area contributed by atoms with Gasteiger partial charge in [-0.15, -0.1) is 0 Å². The Hall–Kier alpha value is -2.27. The SMILES string of the molecule is O=c1[nH]c2ccccc2cc1N1NCC2CNC=C21. The number of nitrogens with one attached hydrogen (secondary N) is 3. The molecule has 5 nitrogen and oxygen atoms in total. The Bertz CT molecular complexity index is 734. The van der Waals surface area contributed by atoms with Gasteiger partial charge in [-0.25, -0.2) is 5.43 Å². The maximum absolute atomic E-state index is 12.2. The van der Waals surface area contributed by atoms with E-state index in [9.17, 15) is 4.79 Å². The molecule has 2 aromatic rings. The van der Waals surface area contributed by atoms with E-state index in [1.807, 2.05) is 41.5 Å². The number of nitrogens with zero attached hydrogens (tertiary/aromatic N) is 1. The Morgan fingerprint density at radius 2 is 2.11 bits per heavy atom. The smallest absolute Gasteiger partial charge is 0.273 e. The van der Waals surface area contributed by atoms with Gasteiger partial charge in [-0.1, -0.05) is 18.2 Å². The van der Waals surface area contributed by atoms with Gasteiger partial charge in [0, 0.05) is 36.1 Å². The molecule has 3 N–H and O–H groups in total. The summed E-state index contributed by atoms with van der Waals surface area (Å²) in [6.07, 6.45) is 1.99. The van der Waals surface area contributed by atoms with Crippen molar-refractivity contribution in [3.05, 3.63) is 52.6 Å². The predicted octanol–water partition coefficient (Wildman–Crippen LogP) is 0.913. The molecule has 0 saturated carbocycles. The number of para-hydroxylation sites is 1. The van der Waals surface area contributed by atoms with E-state index >= 15 is 0 Å². The number of anilines is 1. The number of benzene rings is 1.